The first-order valence-corrected chi connectivity index (χ1v) is 10.2. The van der Waals surface area contributed by atoms with E-state index in [2.05, 4.69) is 17.2 Å². The predicted molar refractivity (Wildman–Crippen MR) is 126 cm³/mol. The van der Waals surface area contributed by atoms with Crippen LogP contribution < -0.4 is 27.2 Å². The Balaban J connectivity index is 1.97. The van der Waals surface area contributed by atoms with Crippen LogP contribution in [-0.2, 0) is 13.0 Å². The average molecular weight is 424 g/mol. The number of nitrogens with zero attached hydrogens (tertiary/aromatic N) is 2. The lowest BCUT2D eigenvalue weighted by atomic mass is 10.1. The second-order valence-electron chi connectivity index (χ2n) is 6.79. The lowest BCUT2D eigenvalue weighted by molar-refractivity contribution is 0.730. The Bertz CT molecular complexity index is 1150. The molecule has 0 radical (unpaired) electrons. The molecule has 0 atom stereocenters. The molecule has 0 aliphatic rings. The van der Waals surface area contributed by atoms with E-state index in [0.29, 0.717) is 11.7 Å². The van der Waals surface area contributed by atoms with Gasteiger partial charge in [0.15, 0.2) is 10.8 Å². The van der Waals surface area contributed by atoms with Gasteiger partial charge in [-0.15, -0.1) is 0 Å². The van der Waals surface area contributed by atoms with E-state index in [1.807, 2.05) is 61.5 Å². The van der Waals surface area contributed by atoms with Crippen molar-refractivity contribution in [1.82, 2.24) is 9.55 Å². The molecule has 0 amide bonds. The fraction of sp³-hybridized carbons (Fsp3) is 0.227. The number of anilines is 3. The number of nitrogen functional groups attached to an aromatic ring is 1. The predicted octanol–water partition coefficient (Wildman–Crippen LogP) is 2.95. The summed E-state index contributed by atoms with van der Waals surface area (Å²) in [5, 5.41) is 3.49. The quantitative estimate of drug-likeness (QED) is 0.528. The summed E-state index contributed by atoms with van der Waals surface area (Å²) in [5.74, 6) is 0.0703. The van der Waals surface area contributed by atoms with Crippen LogP contribution in [0.2, 0.25) is 0 Å². The summed E-state index contributed by atoms with van der Waals surface area (Å²) in [4.78, 5) is 29.0. The zero-order chi connectivity index (χ0) is 21.7. The summed E-state index contributed by atoms with van der Waals surface area (Å²) >= 11 is 5.56. The number of aromatic nitrogens is 2. The van der Waals surface area contributed by atoms with Crippen molar-refractivity contribution in [3.8, 4) is 0 Å². The monoisotopic (exact) mass is 423 g/mol. The molecule has 0 saturated heterocycles. The van der Waals surface area contributed by atoms with E-state index in [-0.39, 0.29) is 18.1 Å². The summed E-state index contributed by atoms with van der Waals surface area (Å²) in [6.07, 6.45) is 0.900. The number of thiocarbonyl (C=S) groups is 1. The van der Waals surface area contributed by atoms with Crippen molar-refractivity contribution in [2.75, 3.05) is 22.5 Å². The molecule has 4 N–H and O–H groups in total. The summed E-state index contributed by atoms with van der Waals surface area (Å²) in [7, 11) is 0. The maximum Gasteiger partial charge on any atom is 0.330 e. The second kappa shape index (κ2) is 9.41. The summed E-state index contributed by atoms with van der Waals surface area (Å²) < 4.78 is 1.34. The number of benzene rings is 2. The maximum atomic E-state index is 12.6. The molecule has 0 saturated carbocycles. The Labute approximate surface area is 180 Å². The van der Waals surface area contributed by atoms with Gasteiger partial charge in [-0.2, -0.15) is 0 Å². The molecule has 8 heteroatoms. The molecule has 1 heterocycles. The highest BCUT2D eigenvalue weighted by atomic mass is 32.1. The molecular formula is C22H25N5O2S. The van der Waals surface area contributed by atoms with Crippen LogP contribution in [0.3, 0.4) is 0 Å². The van der Waals surface area contributed by atoms with Gasteiger partial charge in [0.05, 0.1) is 6.54 Å². The van der Waals surface area contributed by atoms with Gasteiger partial charge in [-0.1, -0.05) is 49.4 Å². The van der Waals surface area contributed by atoms with Gasteiger partial charge in [0.25, 0.3) is 5.56 Å². The van der Waals surface area contributed by atoms with Crippen LogP contribution in [-0.4, -0.2) is 21.2 Å². The van der Waals surface area contributed by atoms with Crippen molar-refractivity contribution in [3.05, 3.63) is 86.6 Å². The zero-order valence-corrected chi connectivity index (χ0v) is 17.8. The smallest absolute Gasteiger partial charge is 0.330 e. The maximum absolute atomic E-state index is 12.6. The number of hydrogen-bond donors (Lipinski definition) is 3. The normalized spacial score (nSPS) is 10.6. The molecular weight excluding hydrogens is 398 g/mol. The summed E-state index contributed by atoms with van der Waals surface area (Å²) in [6.45, 7) is 4.58. The molecule has 30 heavy (non-hydrogen) atoms. The minimum absolute atomic E-state index is 0.0703. The van der Waals surface area contributed by atoms with Crippen LogP contribution in [0.25, 0.3) is 0 Å². The molecule has 3 rings (SSSR count). The molecule has 0 unspecified atom stereocenters. The van der Waals surface area contributed by atoms with Crippen LogP contribution in [0.15, 0.2) is 64.2 Å². The van der Waals surface area contributed by atoms with Crippen LogP contribution in [0.1, 0.15) is 25.0 Å². The molecule has 0 aliphatic carbocycles. The highest BCUT2D eigenvalue weighted by Crippen LogP contribution is 2.20. The molecule has 0 bridgehead atoms. The largest absolute Gasteiger partial charge is 0.383 e. The van der Waals surface area contributed by atoms with Gasteiger partial charge in [0.1, 0.15) is 5.82 Å². The summed E-state index contributed by atoms with van der Waals surface area (Å²) in [5.41, 5.74) is 8.20. The highest BCUT2D eigenvalue weighted by molar-refractivity contribution is 7.80. The minimum Gasteiger partial charge on any atom is -0.383 e. The lowest BCUT2D eigenvalue weighted by Gasteiger charge is -2.26. The molecule has 7 nitrogen and oxygen atoms in total. The third-order valence-electron chi connectivity index (χ3n) is 4.82. The van der Waals surface area contributed by atoms with Gasteiger partial charge in [-0.25, -0.2) is 4.79 Å². The van der Waals surface area contributed by atoms with E-state index in [1.165, 1.54) is 10.1 Å². The van der Waals surface area contributed by atoms with E-state index < -0.39 is 11.2 Å². The van der Waals surface area contributed by atoms with Crippen molar-refractivity contribution >= 4 is 34.5 Å². The Hall–Kier alpha value is -3.39. The van der Waals surface area contributed by atoms with Crippen LogP contribution >= 0.6 is 12.2 Å². The number of nitrogens with one attached hydrogen (secondary N) is 2. The first kappa shape index (κ1) is 21.3. The SMILES string of the molecule is CCc1cccc(NC(=S)N(CC)c2c(N)n(Cc3ccccc3)c(=O)[nH]c2=O)c1. The van der Waals surface area contributed by atoms with Gasteiger partial charge in [-0.05, 0) is 48.8 Å². The number of aromatic amines is 1. The Morgan fingerprint density at radius 3 is 2.47 bits per heavy atom. The van der Waals surface area contributed by atoms with E-state index >= 15 is 0 Å². The number of hydrogen-bond acceptors (Lipinski definition) is 4. The standard InChI is InChI=1S/C22H25N5O2S/c1-3-15-11-8-12-17(13-15)24-22(30)26(4-2)18-19(23)27(21(29)25-20(18)28)14-16-9-6-5-7-10-16/h5-13H,3-4,14,23H2,1-2H3,(H,24,30)(H,25,28,29). The number of rotatable bonds is 6. The van der Waals surface area contributed by atoms with E-state index in [1.54, 1.807) is 4.90 Å². The van der Waals surface area contributed by atoms with Gasteiger partial charge >= 0.3 is 5.69 Å². The van der Waals surface area contributed by atoms with Crippen LogP contribution in [0, 0.1) is 0 Å². The van der Waals surface area contributed by atoms with Gasteiger partial charge < -0.3 is 16.0 Å². The molecule has 0 fully saturated rings. The number of H-pyrrole nitrogens is 1. The lowest BCUT2D eigenvalue weighted by Crippen LogP contribution is -2.42. The van der Waals surface area contributed by atoms with E-state index in [9.17, 15) is 9.59 Å². The average Bonchev–Trinajstić information content (AvgIpc) is 2.74. The van der Waals surface area contributed by atoms with Gasteiger partial charge in [0.2, 0.25) is 0 Å². The molecule has 0 spiro atoms. The number of aryl methyl sites for hydroxylation is 1. The number of nitrogens with two attached hydrogens (primary N) is 1. The summed E-state index contributed by atoms with van der Waals surface area (Å²) in [6, 6.07) is 17.3. The van der Waals surface area contributed by atoms with Crippen molar-refractivity contribution in [2.45, 2.75) is 26.8 Å². The molecule has 156 valence electrons. The van der Waals surface area contributed by atoms with Crippen molar-refractivity contribution in [1.29, 1.82) is 0 Å². The molecule has 0 aliphatic heterocycles. The first-order chi connectivity index (χ1) is 14.4. The van der Waals surface area contributed by atoms with Crippen molar-refractivity contribution in [2.24, 2.45) is 0 Å². The van der Waals surface area contributed by atoms with Gasteiger partial charge in [-0.3, -0.25) is 14.3 Å². The van der Waals surface area contributed by atoms with E-state index in [4.69, 9.17) is 18.0 Å². The highest BCUT2D eigenvalue weighted by Gasteiger charge is 2.21. The zero-order valence-electron chi connectivity index (χ0n) is 17.0. The van der Waals surface area contributed by atoms with Gasteiger partial charge in [0, 0.05) is 12.2 Å². The topological polar surface area (TPSA) is 96.2 Å². The third kappa shape index (κ3) is 4.60. The van der Waals surface area contributed by atoms with Crippen molar-refractivity contribution < 1.29 is 0 Å². The van der Waals surface area contributed by atoms with Crippen molar-refractivity contribution in [3.63, 3.8) is 0 Å². The molecule has 2 aromatic carbocycles. The van der Waals surface area contributed by atoms with Crippen LogP contribution in [0.4, 0.5) is 17.2 Å². The Morgan fingerprint density at radius 1 is 1.10 bits per heavy atom. The third-order valence-corrected chi connectivity index (χ3v) is 5.14. The Kier molecular flexibility index (Phi) is 6.68. The fourth-order valence-corrected chi connectivity index (χ4v) is 3.56. The second-order valence-corrected chi connectivity index (χ2v) is 7.18. The fourth-order valence-electron chi connectivity index (χ4n) is 3.22. The van der Waals surface area contributed by atoms with Crippen LogP contribution in [0.5, 0.6) is 0 Å². The molecule has 3 aromatic rings. The minimum atomic E-state index is -0.574. The first-order valence-electron chi connectivity index (χ1n) is 9.78. The molecule has 1 aromatic heterocycles. The Morgan fingerprint density at radius 2 is 1.80 bits per heavy atom. The van der Waals surface area contributed by atoms with E-state index in [0.717, 1.165) is 17.7 Å².